The van der Waals surface area contributed by atoms with E-state index in [0.717, 1.165) is 23.2 Å². The third-order valence-corrected chi connectivity index (χ3v) is 5.83. The summed E-state index contributed by atoms with van der Waals surface area (Å²) in [6.45, 7) is 3.76. The summed E-state index contributed by atoms with van der Waals surface area (Å²) in [5.41, 5.74) is 0.772. The van der Waals surface area contributed by atoms with Gasteiger partial charge < -0.3 is 9.30 Å². The lowest BCUT2D eigenvalue weighted by molar-refractivity contribution is 0.0327. The van der Waals surface area contributed by atoms with E-state index < -0.39 is 5.69 Å². The first kappa shape index (κ1) is 20.2. The second-order valence-electron chi connectivity index (χ2n) is 7.12. The van der Waals surface area contributed by atoms with Crippen LogP contribution in [0.2, 0.25) is 10.0 Å². The van der Waals surface area contributed by atoms with Gasteiger partial charge in [0, 0.05) is 37.2 Å². The number of aromatic nitrogens is 4. The van der Waals surface area contributed by atoms with Crippen molar-refractivity contribution in [2.24, 2.45) is 14.1 Å². The molecule has 0 amide bonds. The zero-order valence-corrected chi connectivity index (χ0v) is 17.7. The number of rotatable bonds is 4. The maximum absolute atomic E-state index is 13.0. The summed E-state index contributed by atoms with van der Waals surface area (Å²) < 4.78 is 9.77. The second-order valence-corrected chi connectivity index (χ2v) is 7.96. The first-order chi connectivity index (χ1) is 13.9. The van der Waals surface area contributed by atoms with Crippen molar-refractivity contribution in [1.82, 2.24) is 23.6 Å². The van der Waals surface area contributed by atoms with Crippen LogP contribution in [0.5, 0.6) is 0 Å². The Morgan fingerprint density at radius 2 is 1.79 bits per heavy atom. The Kier molecular flexibility index (Phi) is 5.52. The molecule has 0 N–H and O–H groups in total. The molecule has 0 atom stereocenters. The number of hydrogen-bond donors (Lipinski definition) is 0. The highest BCUT2D eigenvalue weighted by molar-refractivity contribution is 6.35. The highest BCUT2D eigenvalue weighted by atomic mass is 35.5. The van der Waals surface area contributed by atoms with Gasteiger partial charge >= 0.3 is 5.69 Å². The van der Waals surface area contributed by atoms with Crippen LogP contribution in [0.3, 0.4) is 0 Å². The molecule has 154 valence electrons. The Morgan fingerprint density at radius 1 is 1.07 bits per heavy atom. The van der Waals surface area contributed by atoms with Crippen LogP contribution in [-0.2, 0) is 31.9 Å². The maximum Gasteiger partial charge on any atom is 0.332 e. The monoisotopic (exact) mass is 437 g/mol. The lowest BCUT2D eigenvalue weighted by atomic mass is 10.2. The van der Waals surface area contributed by atoms with E-state index in [4.69, 9.17) is 27.9 Å². The van der Waals surface area contributed by atoms with Crippen LogP contribution in [0.25, 0.3) is 11.2 Å². The molecule has 29 heavy (non-hydrogen) atoms. The van der Waals surface area contributed by atoms with E-state index in [-0.39, 0.29) is 5.56 Å². The summed E-state index contributed by atoms with van der Waals surface area (Å²) in [4.78, 5) is 32.2. The Morgan fingerprint density at radius 3 is 2.48 bits per heavy atom. The van der Waals surface area contributed by atoms with Gasteiger partial charge in [0.2, 0.25) is 0 Å². The molecule has 0 radical (unpaired) electrons. The Balaban J connectivity index is 1.89. The molecule has 10 heteroatoms. The zero-order chi connectivity index (χ0) is 20.7. The van der Waals surface area contributed by atoms with Gasteiger partial charge in [-0.3, -0.25) is 18.8 Å². The quantitative estimate of drug-likeness (QED) is 0.619. The van der Waals surface area contributed by atoms with Crippen LogP contribution in [0.1, 0.15) is 11.4 Å². The molecule has 0 aliphatic carbocycles. The van der Waals surface area contributed by atoms with Gasteiger partial charge in [-0.05, 0) is 17.7 Å². The van der Waals surface area contributed by atoms with Crippen molar-refractivity contribution in [2.75, 3.05) is 26.3 Å². The van der Waals surface area contributed by atoms with E-state index in [9.17, 15) is 9.59 Å². The molecule has 2 aromatic heterocycles. The van der Waals surface area contributed by atoms with E-state index in [0.29, 0.717) is 53.3 Å². The van der Waals surface area contributed by atoms with Crippen molar-refractivity contribution in [2.45, 2.75) is 13.1 Å². The number of benzene rings is 1. The highest BCUT2D eigenvalue weighted by Crippen LogP contribution is 2.24. The molecule has 8 nitrogen and oxygen atoms in total. The van der Waals surface area contributed by atoms with Gasteiger partial charge in [-0.25, -0.2) is 9.78 Å². The average Bonchev–Trinajstić information content (AvgIpc) is 3.05. The van der Waals surface area contributed by atoms with Gasteiger partial charge in [-0.2, -0.15) is 0 Å². The fourth-order valence-electron chi connectivity index (χ4n) is 3.56. The molecule has 0 saturated carbocycles. The van der Waals surface area contributed by atoms with E-state index in [1.165, 1.54) is 11.6 Å². The maximum atomic E-state index is 13.0. The summed E-state index contributed by atoms with van der Waals surface area (Å²) in [5.74, 6) is 0.700. The number of halogens is 2. The average molecular weight is 438 g/mol. The summed E-state index contributed by atoms with van der Waals surface area (Å²) in [6.07, 6.45) is 0. The predicted molar refractivity (Wildman–Crippen MR) is 112 cm³/mol. The minimum Gasteiger partial charge on any atom is -0.379 e. The van der Waals surface area contributed by atoms with Gasteiger partial charge in [-0.1, -0.05) is 29.3 Å². The SMILES string of the molecule is Cn1c(=O)c2c(nc(CN3CCOCC3)n2Cc2ccc(Cl)cc2Cl)n(C)c1=O. The van der Waals surface area contributed by atoms with Gasteiger partial charge in [0.05, 0.1) is 26.3 Å². The highest BCUT2D eigenvalue weighted by Gasteiger charge is 2.22. The molecule has 1 saturated heterocycles. The Hall–Kier alpha value is -2.13. The van der Waals surface area contributed by atoms with Crippen LogP contribution in [0.4, 0.5) is 0 Å². The Bertz CT molecular complexity index is 1190. The van der Waals surface area contributed by atoms with Gasteiger partial charge in [0.1, 0.15) is 5.82 Å². The molecule has 3 heterocycles. The van der Waals surface area contributed by atoms with Crippen LogP contribution >= 0.6 is 23.2 Å². The number of ether oxygens (including phenoxy) is 1. The number of fused-ring (bicyclic) bond motifs is 1. The first-order valence-electron chi connectivity index (χ1n) is 9.26. The van der Waals surface area contributed by atoms with Gasteiger partial charge in [0.25, 0.3) is 5.56 Å². The number of aryl methyl sites for hydroxylation is 1. The molecule has 4 rings (SSSR count). The molecule has 1 aliphatic rings. The van der Waals surface area contributed by atoms with E-state index in [1.54, 1.807) is 19.2 Å². The fraction of sp³-hybridized carbons (Fsp3) is 0.421. The summed E-state index contributed by atoms with van der Waals surface area (Å²) in [5, 5.41) is 1.06. The van der Waals surface area contributed by atoms with Crippen molar-refractivity contribution in [3.63, 3.8) is 0 Å². The third-order valence-electron chi connectivity index (χ3n) is 5.24. The van der Waals surface area contributed by atoms with E-state index in [1.807, 2.05) is 10.6 Å². The van der Waals surface area contributed by atoms with Crippen LogP contribution in [0.15, 0.2) is 27.8 Å². The van der Waals surface area contributed by atoms with E-state index >= 15 is 0 Å². The standard InChI is InChI=1S/C19H21Cl2N5O3/c1-23-17-16(18(27)24(2)19(23)28)26(10-12-3-4-13(20)9-14(12)21)15(22-17)11-25-5-7-29-8-6-25/h3-4,9H,5-8,10-11H2,1-2H3. The fourth-order valence-corrected chi connectivity index (χ4v) is 4.03. The van der Waals surface area contributed by atoms with Crippen molar-refractivity contribution >= 4 is 34.4 Å². The largest absolute Gasteiger partial charge is 0.379 e. The predicted octanol–water partition coefficient (Wildman–Crippen LogP) is 1.62. The third kappa shape index (κ3) is 3.73. The minimum atomic E-state index is -0.408. The molecule has 1 aliphatic heterocycles. The molecule has 0 unspecified atom stereocenters. The normalized spacial score (nSPS) is 15.3. The van der Waals surface area contributed by atoms with Crippen LogP contribution in [-0.4, -0.2) is 49.9 Å². The Labute approximate surface area is 176 Å². The molecule has 0 bridgehead atoms. The molecule has 3 aromatic rings. The van der Waals surface area contributed by atoms with Crippen molar-refractivity contribution < 1.29 is 4.74 Å². The number of imidazole rings is 1. The molecular formula is C19H21Cl2N5O3. The van der Waals surface area contributed by atoms with Crippen molar-refractivity contribution in [3.05, 3.63) is 60.5 Å². The van der Waals surface area contributed by atoms with E-state index in [2.05, 4.69) is 9.88 Å². The number of nitrogens with zero attached hydrogens (tertiary/aromatic N) is 5. The second kappa shape index (κ2) is 7.95. The van der Waals surface area contributed by atoms with Crippen molar-refractivity contribution in [3.8, 4) is 0 Å². The van der Waals surface area contributed by atoms with Gasteiger partial charge in [-0.15, -0.1) is 0 Å². The molecule has 0 spiro atoms. The molecule has 1 fully saturated rings. The minimum absolute atomic E-state index is 0.347. The van der Waals surface area contributed by atoms with Gasteiger partial charge in [0.15, 0.2) is 11.2 Å². The van der Waals surface area contributed by atoms with Crippen molar-refractivity contribution in [1.29, 1.82) is 0 Å². The summed E-state index contributed by atoms with van der Waals surface area (Å²) in [7, 11) is 3.09. The summed E-state index contributed by atoms with van der Waals surface area (Å²) in [6, 6.07) is 5.27. The lowest BCUT2D eigenvalue weighted by Crippen LogP contribution is -2.38. The lowest BCUT2D eigenvalue weighted by Gasteiger charge is -2.26. The summed E-state index contributed by atoms with van der Waals surface area (Å²) >= 11 is 12.4. The molecular weight excluding hydrogens is 417 g/mol. The smallest absolute Gasteiger partial charge is 0.332 e. The van der Waals surface area contributed by atoms with Crippen LogP contribution < -0.4 is 11.2 Å². The number of morpholine rings is 1. The number of hydrogen-bond acceptors (Lipinski definition) is 5. The first-order valence-corrected chi connectivity index (χ1v) is 10.0. The topological polar surface area (TPSA) is 74.3 Å². The van der Waals surface area contributed by atoms with Crippen LogP contribution in [0, 0.1) is 0 Å². The zero-order valence-electron chi connectivity index (χ0n) is 16.2. The molecule has 1 aromatic carbocycles.